The highest BCUT2D eigenvalue weighted by Crippen LogP contribution is 2.75. The van der Waals surface area contributed by atoms with E-state index in [2.05, 4.69) is 54.5 Å². The van der Waals surface area contributed by atoms with Gasteiger partial charge in [0.15, 0.2) is 0 Å². The first kappa shape index (κ1) is 32.0. The second-order valence-electron chi connectivity index (χ2n) is 16.1. The van der Waals surface area contributed by atoms with Crippen molar-refractivity contribution in [3.05, 3.63) is 11.6 Å². The Balaban J connectivity index is 1.59. The van der Waals surface area contributed by atoms with Gasteiger partial charge in [-0.1, -0.05) is 60.1 Å². The molecule has 238 valence electrons. The minimum atomic E-state index is -0.638. The smallest absolute Gasteiger partial charge is 0.307 e. The molecule has 0 aromatic carbocycles. The summed E-state index contributed by atoms with van der Waals surface area (Å²) in [6.45, 7) is 19.8. The first-order valence-corrected chi connectivity index (χ1v) is 16.6. The standard InChI is InChI=1S/C35H57NO6/c1-21(2)22(3)31(5)14-15-33(7)24-10-11-27-32(6)19-40-20-35(27,25(24)12-13-34(33,8)28(31)30(38)39)18-26(42-23(4)37)29(32)41-17-9-16-36/h12,21-22,24,26-29H,9-11,13-20,36H2,1-8H3,(H,38,39)/t22-,24+,26-,27+,28-,29+,31-,32+,33-,34+,35-/m1/s1. The quantitative estimate of drug-likeness (QED) is 0.197. The number of rotatable bonds is 8. The van der Waals surface area contributed by atoms with E-state index in [-0.39, 0.29) is 51.2 Å². The minimum absolute atomic E-state index is 0.144. The number of carbonyl (C=O) groups is 2. The van der Waals surface area contributed by atoms with Crippen LogP contribution in [-0.2, 0) is 23.8 Å². The van der Waals surface area contributed by atoms with E-state index in [1.807, 2.05) is 0 Å². The van der Waals surface area contributed by atoms with Crippen LogP contribution in [0.1, 0.15) is 100 Å². The molecule has 7 heteroatoms. The zero-order valence-corrected chi connectivity index (χ0v) is 27.5. The molecule has 5 aliphatic rings. The van der Waals surface area contributed by atoms with Crippen LogP contribution in [-0.4, -0.2) is 55.6 Å². The van der Waals surface area contributed by atoms with Crippen LogP contribution < -0.4 is 5.73 Å². The van der Waals surface area contributed by atoms with Crippen LogP contribution in [0.15, 0.2) is 11.6 Å². The highest BCUT2D eigenvalue weighted by molar-refractivity contribution is 5.73. The summed E-state index contributed by atoms with van der Waals surface area (Å²) in [5.74, 6) is 0.0474. The van der Waals surface area contributed by atoms with Crippen molar-refractivity contribution in [2.24, 2.45) is 62.4 Å². The molecule has 0 unspecified atom stereocenters. The summed E-state index contributed by atoms with van der Waals surface area (Å²) in [6, 6.07) is 0. The lowest BCUT2D eigenvalue weighted by molar-refractivity contribution is -0.267. The summed E-state index contributed by atoms with van der Waals surface area (Å²) >= 11 is 0. The lowest BCUT2D eigenvalue weighted by Gasteiger charge is -2.71. The van der Waals surface area contributed by atoms with Gasteiger partial charge in [0.05, 0.1) is 19.1 Å². The highest BCUT2D eigenvalue weighted by Gasteiger charge is 2.72. The monoisotopic (exact) mass is 587 g/mol. The predicted octanol–water partition coefficient (Wildman–Crippen LogP) is 6.24. The van der Waals surface area contributed by atoms with Gasteiger partial charge in [-0.25, -0.2) is 0 Å². The number of fused-ring (bicyclic) bond motifs is 3. The molecule has 5 rings (SSSR count). The fraction of sp³-hybridized carbons (Fsp3) is 0.886. The number of hydrogen-bond acceptors (Lipinski definition) is 6. The first-order valence-electron chi connectivity index (χ1n) is 16.6. The molecule has 0 amide bonds. The van der Waals surface area contributed by atoms with Crippen LogP contribution in [0.4, 0.5) is 0 Å². The fourth-order valence-electron chi connectivity index (χ4n) is 11.5. The Hall–Kier alpha value is -1.44. The molecular formula is C35H57NO6. The van der Waals surface area contributed by atoms with E-state index >= 15 is 0 Å². The van der Waals surface area contributed by atoms with Crippen LogP contribution in [0.25, 0.3) is 0 Å². The third kappa shape index (κ3) is 4.37. The van der Waals surface area contributed by atoms with Gasteiger partial charge in [-0.2, -0.15) is 0 Å². The lowest BCUT2D eigenvalue weighted by atomic mass is 9.34. The van der Waals surface area contributed by atoms with Gasteiger partial charge in [0.2, 0.25) is 0 Å². The summed E-state index contributed by atoms with van der Waals surface area (Å²) in [4.78, 5) is 25.7. The van der Waals surface area contributed by atoms with Gasteiger partial charge in [0, 0.05) is 24.4 Å². The predicted molar refractivity (Wildman–Crippen MR) is 163 cm³/mol. The third-order valence-corrected chi connectivity index (χ3v) is 14.0. The number of allylic oxidation sites excluding steroid dienone is 1. The summed E-state index contributed by atoms with van der Waals surface area (Å²) in [5.41, 5.74) is 5.95. The Morgan fingerprint density at radius 3 is 2.43 bits per heavy atom. The van der Waals surface area contributed by atoms with Crippen LogP contribution in [0.3, 0.4) is 0 Å². The maximum atomic E-state index is 13.3. The maximum absolute atomic E-state index is 13.3. The average molecular weight is 588 g/mol. The van der Waals surface area contributed by atoms with E-state index in [4.69, 9.17) is 19.9 Å². The molecule has 2 bridgehead atoms. The highest BCUT2D eigenvalue weighted by atomic mass is 16.6. The first-order chi connectivity index (χ1) is 19.6. The fourth-order valence-corrected chi connectivity index (χ4v) is 11.5. The Morgan fingerprint density at radius 2 is 1.81 bits per heavy atom. The molecular weight excluding hydrogens is 530 g/mol. The number of aliphatic carboxylic acids is 1. The second kappa shape index (κ2) is 10.9. The molecule has 4 fully saturated rings. The van der Waals surface area contributed by atoms with E-state index < -0.39 is 11.9 Å². The van der Waals surface area contributed by atoms with Gasteiger partial charge >= 0.3 is 11.9 Å². The normalized spacial score (nSPS) is 47.0. The average Bonchev–Trinajstić information content (AvgIpc) is 2.90. The van der Waals surface area contributed by atoms with Gasteiger partial charge in [-0.05, 0) is 91.4 Å². The van der Waals surface area contributed by atoms with E-state index in [0.717, 1.165) is 38.5 Å². The van der Waals surface area contributed by atoms with Crippen LogP contribution in [0, 0.1) is 56.7 Å². The third-order valence-electron chi connectivity index (χ3n) is 14.0. The number of carboxylic acid groups (broad SMARTS) is 1. The van der Waals surface area contributed by atoms with Gasteiger partial charge in [-0.3, -0.25) is 9.59 Å². The van der Waals surface area contributed by atoms with E-state index in [1.54, 1.807) is 0 Å². The topological polar surface area (TPSA) is 108 Å². The van der Waals surface area contributed by atoms with E-state index in [1.165, 1.54) is 12.5 Å². The Kier molecular flexibility index (Phi) is 8.27. The van der Waals surface area contributed by atoms with Gasteiger partial charge in [-0.15, -0.1) is 0 Å². The Bertz CT molecular complexity index is 1110. The van der Waals surface area contributed by atoms with Crippen molar-refractivity contribution >= 4 is 11.9 Å². The molecule has 0 spiro atoms. The number of ether oxygens (including phenoxy) is 3. The number of esters is 1. The van der Waals surface area contributed by atoms with Crippen molar-refractivity contribution in [3.8, 4) is 0 Å². The second-order valence-corrected chi connectivity index (χ2v) is 16.1. The molecule has 1 saturated heterocycles. The Labute approximate surface area is 253 Å². The van der Waals surface area contributed by atoms with Crippen LogP contribution in [0.5, 0.6) is 0 Å². The number of carboxylic acids is 1. The zero-order valence-electron chi connectivity index (χ0n) is 27.5. The number of carbonyl (C=O) groups excluding carboxylic acids is 1. The molecule has 11 atom stereocenters. The molecule has 3 N–H and O–H groups in total. The molecule has 1 heterocycles. The van der Waals surface area contributed by atoms with E-state index in [9.17, 15) is 14.7 Å². The molecule has 0 aromatic rings. The van der Waals surface area contributed by atoms with Crippen LogP contribution >= 0.6 is 0 Å². The molecule has 0 aromatic heterocycles. The Morgan fingerprint density at radius 1 is 1.10 bits per heavy atom. The minimum Gasteiger partial charge on any atom is -0.481 e. The van der Waals surface area contributed by atoms with Crippen molar-refractivity contribution in [2.45, 2.75) is 113 Å². The van der Waals surface area contributed by atoms with Crippen molar-refractivity contribution < 1.29 is 28.9 Å². The molecule has 42 heavy (non-hydrogen) atoms. The van der Waals surface area contributed by atoms with Gasteiger partial charge in [0.25, 0.3) is 0 Å². The van der Waals surface area contributed by atoms with Gasteiger partial charge < -0.3 is 25.1 Å². The van der Waals surface area contributed by atoms with Crippen molar-refractivity contribution in [1.29, 1.82) is 0 Å². The molecule has 4 aliphatic carbocycles. The van der Waals surface area contributed by atoms with Gasteiger partial charge in [0.1, 0.15) is 12.2 Å². The SMILES string of the molecule is CC(=O)O[C@@H]1C[C@]23COC[C@@](C)([C@@H]2CC[C@H]2C3=CC[C@@]3(C)[C@H](C(=O)O)[C@@](C)([C@H](C)C(C)C)CC[C@]23C)[C@H]1OCCCN. The largest absolute Gasteiger partial charge is 0.481 e. The molecule has 3 saturated carbocycles. The molecule has 7 nitrogen and oxygen atoms in total. The van der Waals surface area contributed by atoms with E-state index in [0.29, 0.717) is 50.5 Å². The van der Waals surface area contributed by atoms with Crippen molar-refractivity contribution in [2.75, 3.05) is 26.4 Å². The summed E-state index contributed by atoms with van der Waals surface area (Å²) in [6.07, 6.45) is 8.13. The summed E-state index contributed by atoms with van der Waals surface area (Å²) in [5, 5.41) is 10.9. The molecule has 0 radical (unpaired) electrons. The van der Waals surface area contributed by atoms with Crippen molar-refractivity contribution in [1.82, 2.24) is 0 Å². The lowest BCUT2D eigenvalue weighted by Crippen LogP contribution is -2.70. The zero-order chi connectivity index (χ0) is 30.9. The van der Waals surface area contributed by atoms with Crippen LogP contribution in [0.2, 0.25) is 0 Å². The summed E-state index contributed by atoms with van der Waals surface area (Å²) in [7, 11) is 0. The molecule has 1 aliphatic heterocycles. The van der Waals surface area contributed by atoms with Crippen molar-refractivity contribution in [3.63, 3.8) is 0 Å². The maximum Gasteiger partial charge on any atom is 0.307 e. The summed E-state index contributed by atoms with van der Waals surface area (Å²) < 4.78 is 19.1. The number of hydrogen-bond donors (Lipinski definition) is 2. The number of nitrogens with two attached hydrogens (primary N) is 1.